The van der Waals surface area contributed by atoms with E-state index in [2.05, 4.69) is 10.1 Å². The number of amides is 1. The van der Waals surface area contributed by atoms with Crippen molar-refractivity contribution in [2.45, 2.75) is 32.7 Å². The third-order valence-electron chi connectivity index (χ3n) is 5.82. The molecule has 3 heterocycles. The van der Waals surface area contributed by atoms with Crippen LogP contribution in [0.25, 0.3) is 10.8 Å². The van der Waals surface area contributed by atoms with Crippen molar-refractivity contribution in [3.63, 3.8) is 0 Å². The first kappa shape index (κ1) is 21.7. The lowest BCUT2D eigenvalue weighted by molar-refractivity contribution is -0.151. The van der Waals surface area contributed by atoms with E-state index < -0.39 is 0 Å². The number of piperidine rings is 1. The van der Waals surface area contributed by atoms with Gasteiger partial charge in [-0.25, -0.2) is 4.68 Å². The van der Waals surface area contributed by atoms with E-state index in [9.17, 15) is 14.4 Å². The van der Waals surface area contributed by atoms with Crippen LogP contribution in [0, 0.1) is 5.92 Å². The Morgan fingerprint density at radius 1 is 1.06 bits per heavy atom. The molecule has 1 fully saturated rings. The van der Waals surface area contributed by atoms with Crippen molar-refractivity contribution in [2.75, 3.05) is 19.7 Å². The van der Waals surface area contributed by atoms with E-state index in [1.165, 1.54) is 4.68 Å². The predicted octanol–water partition coefficient (Wildman–Crippen LogP) is 2.18. The van der Waals surface area contributed by atoms with Crippen LogP contribution in [0.3, 0.4) is 0 Å². The second-order valence-electron chi connectivity index (χ2n) is 7.89. The Bertz CT molecular complexity index is 1170. The van der Waals surface area contributed by atoms with Gasteiger partial charge in [0.25, 0.3) is 5.56 Å². The minimum Gasteiger partial charge on any atom is -0.466 e. The monoisotopic (exact) mass is 434 g/mol. The Morgan fingerprint density at radius 2 is 1.75 bits per heavy atom. The molecule has 8 nitrogen and oxygen atoms in total. The van der Waals surface area contributed by atoms with Crippen molar-refractivity contribution < 1.29 is 14.3 Å². The SMILES string of the molecule is CCOC(=O)C1CCN(C(=O)Cn2nc(Cc3ccncc3)c3ccccc3c2=O)CC1. The maximum atomic E-state index is 13.0. The Kier molecular flexibility index (Phi) is 6.58. The van der Waals surface area contributed by atoms with Gasteiger partial charge in [0.2, 0.25) is 5.91 Å². The molecule has 32 heavy (non-hydrogen) atoms. The first-order chi connectivity index (χ1) is 15.6. The normalized spacial score (nSPS) is 14.5. The van der Waals surface area contributed by atoms with Gasteiger partial charge in [0, 0.05) is 37.3 Å². The van der Waals surface area contributed by atoms with E-state index in [0.29, 0.717) is 44.3 Å². The van der Waals surface area contributed by atoms with Gasteiger partial charge in [-0.2, -0.15) is 5.10 Å². The number of esters is 1. The number of carbonyl (C=O) groups is 2. The molecule has 2 aromatic heterocycles. The number of hydrogen-bond donors (Lipinski definition) is 0. The second kappa shape index (κ2) is 9.72. The zero-order valence-electron chi connectivity index (χ0n) is 18.1. The summed E-state index contributed by atoms with van der Waals surface area (Å²) in [6, 6.07) is 11.2. The van der Waals surface area contributed by atoms with Crippen LogP contribution in [0.1, 0.15) is 31.0 Å². The van der Waals surface area contributed by atoms with Gasteiger partial charge >= 0.3 is 5.97 Å². The standard InChI is InChI=1S/C24H26N4O4/c1-2-32-24(31)18-9-13-27(14-10-18)22(29)16-28-23(30)20-6-4-3-5-19(20)21(26-28)15-17-7-11-25-12-8-17/h3-8,11-12,18H,2,9-10,13-16H2,1H3. The van der Waals surface area contributed by atoms with Crippen LogP contribution in [-0.2, 0) is 27.3 Å². The third-order valence-corrected chi connectivity index (χ3v) is 5.82. The van der Waals surface area contributed by atoms with Gasteiger partial charge in [0.15, 0.2) is 0 Å². The minimum absolute atomic E-state index is 0.128. The van der Waals surface area contributed by atoms with Crippen molar-refractivity contribution in [3.8, 4) is 0 Å². The number of ether oxygens (including phenoxy) is 1. The van der Waals surface area contributed by atoms with Crippen LogP contribution in [0.15, 0.2) is 53.6 Å². The van der Waals surface area contributed by atoms with Crippen molar-refractivity contribution in [3.05, 3.63) is 70.4 Å². The highest BCUT2D eigenvalue weighted by molar-refractivity contribution is 5.84. The van der Waals surface area contributed by atoms with Gasteiger partial charge in [0.1, 0.15) is 6.54 Å². The summed E-state index contributed by atoms with van der Waals surface area (Å²) in [6.07, 6.45) is 5.10. The lowest BCUT2D eigenvalue weighted by Crippen LogP contribution is -2.43. The van der Waals surface area contributed by atoms with E-state index >= 15 is 0 Å². The molecule has 8 heteroatoms. The molecule has 0 aliphatic carbocycles. The predicted molar refractivity (Wildman–Crippen MR) is 119 cm³/mol. The van der Waals surface area contributed by atoms with Gasteiger partial charge in [-0.1, -0.05) is 18.2 Å². The average Bonchev–Trinajstić information content (AvgIpc) is 2.83. The topological polar surface area (TPSA) is 94.4 Å². The summed E-state index contributed by atoms with van der Waals surface area (Å²) in [5.74, 6) is -0.549. The summed E-state index contributed by atoms with van der Waals surface area (Å²) in [4.78, 5) is 43.6. The van der Waals surface area contributed by atoms with Gasteiger partial charge < -0.3 is 9.64 Å². The molecule has 0 radical (unpaired) electrons. The largest absolute Gasteiger partial charge is 0.466 e. The summed E-state index contributed by atoms with van der Waals surface area (Å²) in [7, 11) is 0. The molecule has 0 unspecified atom stereocenters. The number of benzene rings is 1. The average molecular weight is 434 g/mol. The van der Waals surface area contributed by atoms with E-state index in [1.807, 2.05) is 30.3 Å². The van der Waals surface area contributed by atoms with Crippen LogP contribution in [-0.4, -0.2) is 51.2 Å². The third kappa shape index (κ3) is 4.69. The molecule has 166 valence electrons. The Labute approximate surface area is 185 Å². The second-order valence-corrected chi connectivity index (χ2v) is 7.89. The smallest absolute Gasteiger partial charge is 0.309 e. The van der Waals surface area contributed by atoms with E-state index in [4.69, 9.17) is 4.74 Å². The molecule has 1 aromatic carbocycles. The molecule has 0 N–H and O–H groups in total. The fourth-order valence-electron chi connectivity index (χ4n) is 4.09. The highest BCUT2D eigenvalue weighted by Crippen LogP contribution is 2.20. The minimum atomic E-state index is -0.283. The van der Waals surface area contributed by atoms with Gasteiger partial charge in [-0.15, -0.1) is 0 Å². The van der Waals surface area contributed by atoms with Crippen molar-refractivity contribution in [2.24, 2.45) is 5.92 Å². The Balaban J connectivity index is 1.54. The van der Waals surface area contributed by atoms with Crippen molar-refractivity contribution in [1.29, 1.82) is 0 Å². The number of pyridine rings is 1. The van der Waals surface area contributed by atoms with Crippen molar-refractivity contribution >= 4 is 22.6 Å². The molecule has 1 aliphatic rings. The van der Waals surface area contributed by atoms with Gasteiger partial charge in [-0.3, -0.25) is 19.4 Å². The molecule has 1 saturated heterocycles. The summed E-state index contributed by atoms with van der Waals surface area (Å²) in [5, 5.41) is 5.89. The van der Waals surface area contributed by atoms with Crippen LogP contribution < -0.4 is 5.56 Å². The maximum absolute atomic E-state index is 13.0. The fraction of sp³-hybridized carbons (Fsp3) is 0.375. The van der Waals surface area contributed by atoms with E-state index in [-0.39, 0.29) is 29.9 Å². The highest BCUT2D eigenvalue weighted by atomic mass is 16.5. The molecule has 0 bridgehead atoms. The van der Waals surface area contributed by atoms with Crippen LogP contribution in [0.2, 0.25) is 0 Å². The zero-order chi connectivity index (χ0) is 22.5. The first-order valence-corrected chi connectivity index (χ1v) is 10.9. The van der Waals surface area contributed by atoms with E-state index in [0.717, 1.165) is 16.6 Å². The summed E-state index contributed by atoms with van der Waals surface area (Å²) >= 11 is 0. The number of rotatable bonds is 6. The van der Waals surface area contributed by atoms with Crippen LogP contribution in [0.5, 0.6) is 0 Å². The number of likely N-dealkylation sites (tertiary alicyclic amines) is 1. The molecule has 0 atom stereocenters. The fourth-order valence-corrected chi connectivity index (χ4v) is 4.09. The summed E-state index contributed by atoms with van der Waals surface area (Å²) in [5.41, 5.74) is 1.48. The molecule has 3 aromatic rings. The Morgan fingerprint density at radius 3 is 2.44 bits per heavy atom. The molecule has 1 amide bonds. The lowest BCUT2D eigenvalue weighted by atomic mass is 9.97. The first-order valence-electron chi connectivity index (χ1n) is 10.9. The maximum Gasteiger partial charge on any atom is 0.309 e. The molecule has 0 spiro atoms. The molecular weight excluding hydrogens is 408 g/mol. The molecular formula is C24H26N4O4. The quantitative estimate of drug-likeness (QED) is 0.552. The summed E-state index contributed by atoms with van der Waals surface area (Å²) < 4.78 is 6.35. The summed E-state index contributed by atoms with van der Waals surface area (Å²) in [6.45, 7) is 2.95. The number of carbonyl (C=O) groups excluding carboxylic acids is 2. The van der Waals surface area contributed by atoms with Crippen LogP contribution >= 0.6 is 0 Å². The Hall–Kier alpha value is -3.55. The van der Waals surface area contributed by atoms with Gasteiger partial charge in [-0.05, 0) is 43.5 Å². The molecule has 4 rings (SSSR count). The van der Waals surface area contributed by atoms with Gasteiger partial charge in [0.05, 0.1) is 23.6 Å². The van der Waals surface area contributed by atoms with E-state index in [1.54, 1.807) is 30.3 Å². The van der Waals surface area contributed by atoms with Crippen molar-refractivity contribution in [1.82, 2.24) is 19.7 Å². The lowest BCUT2D eigenvalue weighted by Gasteiger charge is -2.31. The number of hydrogen-bond acceptors (Lipinski definition) is 6. The highest BCUT2D eigenvalue weighted by Gasteiger charge is 2.28. The molecule has 1 aliphatic heterocycles. The number of fused-ring (bicyclic) bond motifs is 1. The number of nitrogens with zero attached hydrogens (tertiary/aromatic N) is 4. The number of aromatic nitrogens is 3. The molecule has 0 saturated carbocycles. The zero-order valence-corrected chi connectivity index (χ0v) is 18.1. The van der Waals surface area contributed by atoms with Crippen LogP contribution in [0.4, 0.5) is 0 Å².